The van der Waals surface area contributed by atoms with Crippen LogP contribution in [0.4, 0.5) is 0 Å². The lowest BCUT2D eigenvalue weighted by Gasteiger charge is -2.30. The fraction of sp³-hybridized carbons (Fsp3) is 0.391. The molecule has 1 atom stereocenters. The summed E-state index contributed by atoms with van der Waals surface area (Å²) in [4.78, 5) is 27.4. The van der Waals surface area contributed by atoms with E-state index in [1.165, 1.54) is 0 Å². The number of carbonyl (C=O) groups is 2. The zero-order chi connectivity index (χ0) is 19.8. The molecule has 1 N–H and O–H groups in total. The highest BCUT2D eigenvalue weighted by Crippen LogP contribution is 2.16. The largest absolute Gasteiger partial charge is 0.355 e. The summed E-state index contributed by atoms with van der Waals surface area (Å²) in [7, 11) is 0. The minimum absolute atomic E-state index is 0.0292. The van der Waals surface area contributed by atoms with Crippen molar-refractivity contribution in [3.05, 3.63) is 70.8 Å². The van der Waals surface area contributed by atoms with Gasteiger partial charge in [-0.2, -0.15) is 0 Å². The number of carbonyl (C=O) groups excluding carboxylic acids is 2. The highest BCUT2D eigenvalue weighted by atomic mass is 16.2. The summed E-state index contributed by atoms with van der Waals surface area (Å²) in [5.74, 6) is -0.122. The molecule has 0 aliphatic carbocycles. The Bertz CT molecular complexity index is 768. The minimum atomic E-state index is -0.469. The average Bonchev–Trinajstić information content (AvgIpc) is 2.63. The molecule has 0 fully saturated rings. The highest BCUT2D eigenvalue weighted by Gasteiger charge is 2.28. The summed E-state index contributed by atoms with van der Waals surface area (Å²) in [5.41, 5.74) is 4.31. The first-order chi connectivity index (χ1) is 12.9. The SMILES string of the molecule is CCNC(=O)[C@H](CC)N(Cc1cccc(C)c1)C(=O)Cc1ccc(C)cc1. The van der Waals surface area contributed by atoms with Gasteiger partial charge in [0.25, 0.3) is 0 Å². The van der Waals surface area contributed by atoms with Crippen LogP contribution < -0.4 is 5.32 Å². The lowest BCUT2D eigenvalue weighted by Crippen LogP contribution is -2.49. The molecule has 2 aromatic carbocycles. The van der Waals surface area contributed by atoms with Gasteiger partial charge >= 0.3 is 0 Å². The van der Waals surface area contributed by atoms with E-state index in [4.69, 9.17) is 0 Å². The maximum absolute atomic E-state index is 13.1. The Kier molecular flexibility index (Phi) is 7.59. The Morgan fingerprint density at radius 3 is 2.26 bits per heavy atom. The van der Waals surface area contributed by atoms with E-state index in [9.17, 15) is 9.59 Å². The maximum atomic E-state index is 13.1. The van der Waals surface area contributed by atoms with Gasteiger partial charge in [0.05, 0.1) is 6.42 Å². The summed E-state index contributed by atoms with van der Waals surface area (Å²) in [6.45, 7) is 8.88. The zero-order valence-electron chi connectivity index (χ0n) is 16.8. The molecule has 4 heteroatoms. The smallest absolute Gasteiger partial charge is 0.242 e. The molecule has 27 heavy (non-hydrogen) atoms. The number of hydrogen-bond acceptors (Lipinski definition) is 2. The predicted octanol–water partition coefficient (Wildman–Crippen LogP) is 3.79. The molecule has 0 spiro atoms. The van der Waals surface area contributed by atoms with E-state index in [0.29, 0.717) is 25.9 Å². The van der Waals surface area contributed by atoms with Gasteiger partial charge in [-0.1, -0.05) is 66.6 Å². The van der Waals surface area contributed by atoms with E-state index in [-0.39, 0.29) is 11.8 Å². The van der Waals surface area contributed by atoms with E-state index < -0.39 is 6.04 Å². The van der Waals surface area contributed by atoms with Crippen molar-refractivity contribution in [1.29, 1.82) is 0 Å². The molecule has 144 valence electrons. The normalized spacial score (nSPS) is 11.7. The molecular weight excluding hydrogens is 336 g/mol. The molecule has 0 aliphatic heterocycles. The van der Waals surface area contributed by atoms with Crippen molar-refractivity contribution in [2.45, 2.75) is 53.1 Å². The third-order valence-electron chi connectivity index (χ3n) is 4.65. The Labute approximate surface area is 162 Å². The first-order valence-electron chi connectivity index (χ1n) is 9.62. The number of nitrogens with one attached hydrogen (secondary N) is 1. The fourth-order valence-electron chi connectivity index (χ4n) is 3.20. The summed E-state index contributed by atoms with van der Waals surface area (Å²) in [6, 6.07) is 15.6. The molecule has 0 unspecified atom stereocenters. The quantitative estimate of drug-likeness (QED) is 0.773. The lowest BCUT2D eigenvalue weighted by molar-refractivity contribution is -0.140. The van der Waals surface area contributed by atoms with Gasteiger partial charge in [-0.3, -0.25) is 9.59 Å². The van der Waals surface area contributed by atoms with Crippen LogP contribution in [-0.4, -0.2) is 29.3 Å². The van der Waals surface area contributed by atoms with Gasteiger partial charge in [0.1, 0.15) is 6.04 Å². The predicted molar refractivity (Wildman–Crippen MR) is 109 cm³/mol. The first-order valence-corrected chi connectivity index (χ1v) is 9.62. The monoisotopic (exact) mass is 366 g/mol. The molecule has 2 rings (SSSR count). The van der Waals surface area contributed by atoms with Crippen LogP contribution in [0.25, 0.3) is 0 Å². The van der Waals surface area contributed by atoms with Crippen LogP contribution in [-0.2, 0) is 22.6 Å². The van der Waals surface area contributed by atoms with Crippen molar-refractivity contribution in [1.82, 2.24) is 10.2 Å². The van der Waals surface area contributed by atoms with Gasteiger partial charge in [0.2, 0.25) is 11.8 Å². The number of hydrogen-bond donors (Lipinski definition) is 1. The van der Waals surface area contributed by atoms with Gasteiger partial charge in [0.15, 0.2) is 0 Å². The van der Waals surface area contributed by atoms with Crippen molar-refractivity contribution in [2.24, 2.45) is 0 Å². The second kappa shape index (κ2) is 9.91. The van der Waals surface area contributed by atoms with Gasteiger partial charge in [-0.15, -0.1) is 0 Å². The summed E-state index contributed by atoms with van der Waals surface area (Å²) < 4.78 is 0. The molecule has 0 heterocycles. The Hall–Kier alpha value is -2.62. The number of aryl methyl sites for hydroxylation is 2. The van der Waals surface area contributed by atoms with Gasteiger partial charge in [-0.25, -0.2) is 0 Å². The Morgan fingerprint density at radius 1 is 0.963 bits per heavy atom. The topological polar surface area (TPSA) is 49.4 Å². The number of rotatable bonds is 8. The molecule has 0 radical (unpaired) electrons. The average molecular weight is 367 g/mol. The van der Waals surface area contributed by atoms with E-state index in [1.54, 1.807) is 4.90 Å². The Morgan fingerprint density at radius 2 is 1.67 bits per heavy atom. The van der Waals surface area contributed by atoms with E-state index in [0.717, 1.165) is 22.3 Å². The lowest BCUT2D eigenvalue weighted by atomic mass is 10.0. The van der Waals surface area contributed by atoms with Crippen LogP contribution in [0.1, 0.15) is 42.5 Å². The van der Waals surface area contributed by atoms with Gasteiger partial charge in [0, 0.05) is 13.1 Å². The second-order valence-electron chi connectivity index (χ2n) is 6.99. The highest BCUT2D eigenvalue weighted by molar-refractivity contribution is 5.88. The standard InChI is InChI=1S/C23H30N2O2/c1-5-21(23(27)24-6-2)25(16-20-9-7-8-18(4)14-20)22(26)15-19-12-10-17(3)11-13-19/h7-14,21H,5-6,15-16H2,1-4H3,(H,24,27)/t21-/m0/s1. The maximum Gasteiger partial charge on any atom is 0.242 e. The molecule has 2 aromatic rings. The number of nitrogens with zero attached hydrogens (tertiary/aromatic N) is 1. The van der Waals surface area contributed by atoms with Crippen LogP contribution in [0.15, 0.2) is 48.5 Å². The molecule has 0 aliphatic rings. The Balaban J connectivity index is 2.27. The van der Waals surface area contributed by atoms with E-state index in [2.05, 4.69) is 11.4 Å². The van der Waals surface area contributed by atoms with E-state index in [1.807, 2.05) is 70.2 Å². The summed E-state index contributed by atoms with van der Waals surface area (Å²) >= 11 is 0. The van der Waals surface area contributed by atoms with Crippen molar-refractivity contribution < 1.29 is 9.59 Å². The first kappa shape index (κ1) is 20.7. The molecule has 2 amide bonds. The van der Waals surface area contributed by atoms with Crippen LogP contribution >= 0.6 is 0 Å². The second-order valence-corrected chi connectivity index (χ2v) is 6.99. The molecular formula is C23H30N2O2. The molecule has 0 saturated carbocycles. The molecule has 0 saturated heterocycles. The van der Waals surface area contributed by atoms with Crippen molar-refractivity contribution in [3.63, 3.8) is 0 Å². The van der Waals surface area contributed by atoms with Gasteiger partial charge < -0.3 is 10.2 Å². The van der Waals surface area contributed by atoms with E-state index >= 15 is 0 Å². The zero-order valence-corrected chi connectivity index (χ0v) is 16.8. The molecule has 0 bridgehead atoms. The third-order valence-corrected chi connectivity index (χ3v) is 4.65. The van der Waals surface area contributed by atoms with Crippen LogP contribution in [0.5, 0.6) is 0 Å². The summed E-state index contributed by atoms with van der Waals surface area (Å²) in [6.07, 6.45) is 0.874. The fourth-order valence-corrected chi connectivity index (χ4v) is 3.20. The van der Waals surface area contributed by atoms with Crippen molar-refractivity contribution in [2.75, 3.05) is 6.54 Å². The van der Waals surface area contributed by atoms with Crippen LogP contribution in [0.3, 0.4) is 0 Å². The minimum Gasteiger partial charge on any atom is -0.355 e. The van der Waals surface area contributed by atoms with Crippen molar-refractivity contribution in [3.8, 4) is 0 Å². The number of likely N-dealkylation sites (N-methyl/N-ethyl adjacent to an activating group) is 1. The van der Waals surface area contributed by atoms with Gasteiger partial charge in [-0.05, 0) is 38.3 Å². The van der Waals surface area contributed by atoms with Crippen LogP contribution in [0.2, 0.25) is 0 Å². The molecule has 0 aromatic heterocycles. The number of amides is 2. The number of benzene rings is 2. The van der Waals surface area contributed by atoms with Crippen molar-refractivity contribution >= 4 is 11.8 Å². The van der Waals surface area contributed by atoms with Crippen LogP contribution in [0, 0.1) is 13.8 Å². The molecule has 4 nitrogen and oxygen atoms in total. The summed E-state index contributed by atoms with van der Waals surface area (Å²) in [5, 5.41) is 2.87. The third kappa shape index (κ3) is 5.95.